The monoisotopic (exact) mass is 839 g/mol. The second-order valence-corrected chi connectivity index (χ2v) is 18.5. The third kappa shape index (κ3) is 7.14. The number of allylic oxidation sites excluding steroid dienone is 22. The molecule has 65 heavy (non-hydrogen) atoms. The average Bonchev–Trinajstić information content (AvgIpc) is 3.93. The maximum atomic E-state index is 4.94. The van der Waals surface area contributed by atoms with Crippen molar-refractivity contribution in [3.63, 3.8) is 0 Å². The van der Waals surface area contributed by atoms with Gasteiger partial charge < -0.3 is 4.90 Å². The van der Waals surface area contributed by atoms with E-state index in [0.29, 0.717) is 6.54 Å². The van der Waals surface area contributed by atoms with Gasteiger partial charge in [-0.25, -0.2) is 0 Å². The number of benzene rings is 4. The Bertz CT molecular complexity index is 3150. The van der Waals surface area contributed by atoms with Gasteiger partial charge >= 0.3 is 0 Å². The second-order valence-electron chi connectivity index (χ2n) is 18.5. The molecule has 0 aromatic heterocycles. The van der Waals surface area contributed by atoms with E-state index < -0.39 is 0 Å². The zero-order valence-corrected chi connectivity index (χ0v) is 38.5. The predicted octanol–water partition coefficient (Wildman–Crippen LogP) is 16.1. The molecule has 1 fully saturated rings. The van der Waals surface area contributed by atoms with E-state index >= 15 is 0 Å². The highest BCUT2D eigenvalue weighted by molar-refractivity contribution is 6.12. The van der Waals surface area contributed by atoms with Gasteiger partial charge in [-0.2, -0.15) is 0 Å². The van der Waals surface area contributed by atoms with Crippen molar-refractivity contribution in [2.24, 2.45) is 0 Å². The lowest BCUT2D eigenvalue weighted by Gasteiger charge is -2.29. The summed E-state index contributed by atoms with van der Waals surface area (Å²) in [5, 5.41) is 0. The Morgan fingerprint density at radius 2 is 1.65 bits per heavy atom. The molecule has 0 aliphatic heterocycles. The fraction of sp³-hybridized carbons (Fsp3) is 0.188. The topological polar surface area (TPSA) is 3.24 Å². The molecule has 4 aromatic carbocycles. The quantitative estimate of drug-likeness (QED) is 0.152. The van der Waals surface area contributed by atoms with E-state index in [2.05, 4.69) is 190 Å². The largest absolute Gasteiger partial charge is 0.337 e. The molecule has 0 heterocycles. The normalized spacial score (nSPS) is 19.8. The Hall–Kier alpha value is -7.14. The van der Waals surface area contributed by atoms with Crippen molar-refractivity contribution >= 4 is 39.2 Å². The van der Waals surface area contributed by atoms with E-state index in [-0.39, 0.29) is 5.41 Å². The SMILES string of the molecule is C=C/C=C1/C(=C)/C(=C(\C2=C(C)Cc3ccccc32)c2cccc3c2CC(C=C)=C3C#CC)C/C1=C/CN(c1ccc2c(c1)C(C)(C)C1=CCCC=C12)c1ccccc1C1=CC=CCC=C1. The molecule has 4 aromatic rings. The van der Waals surface area contributed by atoms with Crippen molar-refractivity contribution in [2.45, 2.75) is 71.6 Å². The average molecular weight is 840 g/mol. The molecule has 0 radical (unpaired) electrons. The number of nitrogens with zero attached hydrogens (tertiary/aromatic N) is 1. The first-order valence-electron chi connectivity index (χ1n) is 23.3. The minimum atomic E-state index is -0.0765. The van der Waals surface area contributed by atoms with Crippen molar-refractivity contribution in [1.29, 1.82) is 0 Å². The van der Waals surface area contributed by atoms with E-state index in [0.717, 1.165) is 55.2 Å². The smallest absolute Gasteiger partial charge is 0.0493 e. The lowest BCUT2D eigenvalue weighted by atomic mass is 9.80. The van der Waals surface area contributed by atoms with Crippen LogP contribution in [0.5, 0.6) is 0 Å². The number of para-hydroxylation sites is 1. The molecule has 6 aliphatic rings. The van der Waals surface area contributed by atoms with Crippen LogP contribution in [-0.4, -0.2) is 6.54 Å². The molecule has 0 N–H and O–H groups in total. The van der Waals surface area contributed by atoms with Gasteiger partial charge in [-0.15, -0.1) is 5.92 Å². The molecule has 1 saturated carbocycles. The molecule has 0 saturated heterocycles. The minimum absolute atomic E-state index is 0.0765. The molecule has 0 amide bonds. The Morgan fingerprint density at radius 1 is 0.846 bits per heavy atom. The summed E-state index contributed by atoms with van der Waals surface area (Å²) in [6.07, 6.45) is 30.3. The summed E-state index contributed by atoms with van der Waals surface area (Å²) in [5.74, 6) is 6.64. The number of hydrogen-bond donors (Lipinski definition) is 0. The maximum Gasteiger partial charge on any atom is 0.0493 e. The van der Waals surface area contributed by atoms with Gasteiger partial charge in [0.05, 0.1) is 0 Å². The first kappa shape index (κ1) is 41.8. The van der Waals surface area contributed by atoms with Crippen LogP contribution in [-0.2, 0) is 18.3 Å². The third-order valence-corrected chi connectivity index (χ3v) is 14.4. The van der Waals surface area contributed by atoms with Crippen LogP contribution in [0, 0.1) is 11.8 Å². The Balaban J connectivity index is 1.15. The van der Waals surface area contributed by atoms with Crippen LogP contribution < -0.4 is 4.90 Å². The van der Waals surface area contributed by atoms with E-state index in [1.54, 1.807) is 0 Å². The summed E-state index contributed by atoms with van der Waals surface area (Å²) in [6.45, 7) is 23.1. The molecule has 0 unspecified atom stereocenters. The number of anilines is 2. The summed E-state index contributed by atoms with van der Waals surface area (Å²) in [7, 11) is 0. The van der Waals surface area contributed by atoms with E-state index in [9.17, 15) is 0 Å². The molecule has 1 heteroatoms. The van der Waals surface area contributed by atoms with Crippen LogP contribution in [0.25, 0.3) is 27.9 Å². The molecule has 0 spiro atoms. The van der Waals surface area contributed by atoms with Crippen LogP contribution in [0.1, 0.15) is 97.9 Å². The first-order chi connectivity index (χ1) is 31.7. The highest BCUT2D eigenvalue weighted by atomic mass is 15.1. The molecule has 318 valence electrons. The third-order valence-electron chi connectivity index (χ3n) is 14.4. The summed E-state index contributed by atoms with van der Waals surface area (Å²) in [6, 6.07) is 31.9. The van der Waals surface area contributed by atoms with Gasteiger partial charge in [-0.3, -0.25) is 0 Å². The standard InChI is InChI=1S/C64H57N/c1-8-22-49-43(5)57(63(62-42(4)38-46-26-15-16-28-52(46)62)56-31-21-30-53-50(23-9-2)44(10-3)39-58(53)56)40-47(49)36-37-65(61-33-20-18-27-51(61)45-24-13-11-12-14-25-45)48-34-35-55-54-29-17-19-32-59(54)64(6,7)60(55)41-48/h8,10-11,13-16,18,20-22,24-36,41H,1,3,5,12,17,19,37-40H2,2,4,6-7H3/b47-36-,49-22-,63-57-. The van der Waals surface area contributed by atoms with Gasteiger partial charge in [0.25, 0.3) is 0 Å². The zero-order chi connectivity index (χ0) is 44.8. The number of hydrogen-bond acceptors (Lipinski definition) is 1. The van der Waals surface area contributed by atoms with Crippen LogP contribution in [0.4, 0.5) is 11.4 Å². The molecule has 10 rings (SSSR count). The number of rotatable bonds is 9. The van der Waals surface area contributed by atoms with E-state index in [4.69, 9.17) is 6.58 Å². The Labute approximate surface area is 387 Å². The Morgan fingerprint density at radius 3 is 2.48 bits per heavy atom. The van der Waals surface area contributed by atoms with Crippen LogP contribution in [0.2, 0.25) is 0 Å². The second kappa shape index (κ2) is 17.1. The van der Waals surface area contributed by atoms with Gasteiger partial charge in [0.2, 0.25) is 0 Å². The van der Waals surface area contributed by atoms with Gasteiger partial charge in [-0.05, 0) is 165 Å². The van der Waals surface area contributed by atoms with Crippen molar-refractivity contribution in [3.05, 3.63) is 255 Å². The highest BCUT2D eigenvalue weighted by Gasteiger charge is 2.39. The lowest BCUT2D eigenvalue weighted by Crippen LogP contribution is -2.21. The van der Waals surface area contributed by atoms with E-state index in [1.165, 1.54) is 106 Å². The molecule has 0 bridgehead atoms. The molecular formula is C64H57N. The fourth-order valence-electron chi connectivity index (χ4n) is 11.3. The summed E-state index contributed by atoms with van der Waals surface area (Å²) in [4.78, 5) is 2.53. The fourth-order valence-corrected chi connectivity index (χ4v) is 11.3. The summed E-state index contributed by atoms with van der Waals surface area (Å²) < 4.78 is 0. The zero-order valence-electron chi connectivity index (χ0n) is 38.5. The van der Waals surface area contributed by atoms with Crippen molar-refractivity contribution < 1.29 is 0 Å². The van der Waals surface area contributed by atoms with Crippen molar-refractivity contribution in [3.8, 4) is 11.8 Å². The van der Waals surface area contributed by atoms with Crippen molar-refractivity contribution in [2.75, 3.05) is 11.4 Å². The maximum absolute atomic E-state index is 4.94. The van der Waals surface area contributed by atoms with Crippen LogP contribution in [0.15, 0.2) is 211 Å². The molecule has 1 nitrogen and oxygen atoms in total. The van der Waals surface area contributed by atoms with Crippen molar-refractivity contribution in [1.82, 2.24) is 0 Å². The lowest BCUT2D eigenvalue weighted by molar-refractivity contribution is 0.654. The Kier molecular flexibility index (Phi) is 11.0. The summed E-state index contributed by atoms with van der Waals surface area (Å²) >= 11 is 0. The van der Waals surface area contributed by atoms with Gasteiger partial charge in [0.1, 0.15) is 0 Å². The van der Waals surface area contributed by atoms with Crippen LogP contribution >= 0.6 is 0 Å². The van der Waals surface area contributed by atoms with Gasteiger partial charge in [0.15, 0.2) is 0 Å². The highest BCUT2D eigenvalue weighted by Crippen LogP contribution is 2.54. The molecular weight excluding hydrogens is 783 g/mol. The van der Waals surface area contributed by atoms with Gasteiger partial charge in [-0.1, -0.05) is 179 Å². The van der Waals surface area contributed by atoms with E-state index in [1.807, 2.05) is 19.1 Å². The minimum Gasteiger partial charge on any atom is -0.337 e. The van der Waals surface area contributed by atoms with Crippen LogP contribution in [0.3, 0.4) is 0 Å². The molecule has 0 atom stereocenters. The first-order valence-corrected chi connectivity index (χ1v) is 23.3. The molecule has 6 aliphatic carbocycles. The predicted molar refractivity (Wildman–Crippen MR) is 280 cm³/mol. The number of fused-ring (bicyclic) bond motifs is 5. The van der Waals surface area contributed by atoms with Gasteiger partial charge in [0, 0.05) is 34.5 Å². The summed E-state index contributed by atoms with van der Waals surface area (Å²) in [5.41, 5.74) is 27.9.